The molecule has 1 unspecified atom stereocenters. The summed E-state index contributed by atoms with van der Waals surface area (Å²) >= 11 is 0. The van der Waals surface area contributed by atoms with E-state index in [1.807, 2.05) is 6.07 Å². The summed E-state index contributed by atoms with van der Waals surface area (Å²) < 4.78 is 0. The molecule has 6 nitrogen and oxygen atoms in total. The number of pyridine rings is 1. The fourth-order valence-corrected chi connectivity index (χ4v) is 2.07. The first-order chi connectivity index (χ1) is 11.5. The predicted molar refractivity (Wildman–Crippen MR) is 96.3 cm³/mol. The molecule has 0 saturated carbocycles. The zero-order valence-corrected chi connectivity index (χ0v) is 14.1. The predicted octanol–water partition coefficient (Wildman–Crippen LogP) is 3.50. The quantitative estimate of drug-likeness (QED) is 0.758. The highest BCUT2D eigenvalue weighted by Gasteiger charge is 2.09. The van der Waals surface area contributed by atoms with Gasteiger partial charge in [0.1, 0.15) is 5.69 Å². The van der Waals surface area contributed by atoms with E-state index in [4.69, 9.17) is 0 Å². The minimum absolute atomic E-state index is 0.137. The summed E-state index contributed by atoms with van der Waals surface area (Å²) in [4.78, 5) is 27.4. The van der Waals surface area contributed by atoms with Gasteiger partial charge in [-0.3, -0.25) is 14.6 Å². The molecule has 6 heteroatoms. The molecule has 0 radical (unpaired) electrons. The highest BCUT2D eigenvalue weighted by molar-refractivity contribution is 6.03. The number of hydrogen-bond donors (Lipinski definition) is 3. The molecule has 0 aliphatic heterocycles. The van der Waals surface area contributed by atoms with Crippen molar-refractivity contribution in [2.24, 2.45) is 0 Å². The summed E-state index contributed by atoms with van der Waals surface area (Å²) in [6, 6.07) is 10.8. The van der Waals surface area contributed by atoms with Crippen LogP contribution in [-0.4, -0.2) is 22.8 Å². The largest absolute Gasteiger partial charge is 0.382 e. The van der Waals surface area contributed by atoms with Gasteiger partial charge in [-0.2, -0.15) is 0 Å². The smallest absolute Gasteiger partial charge is 0.274 e. The van der Waals surface area contributed by atoms with Crippen LogP contribution in [0.5, 0.6) is 0 Å². The third-order valence-corrected chi connectivity index (χ3v) is 3.48. The van der Waals surface area contributed by atoms with Crippen LogP contribution in [-0.2, 0) is 4.79 Å². The molecule has 0 aliphatic carbocycles. The number of aromatic nitrogens is 1. The van der Waals surface area contributed by atoms with Crippen LogP contribution in [0.2, 0.25) is 0 Å². The summed E-state index contributed by atoms with van der Waals surface area (Å²) in [5, 5.41) is 8.78. The Kier molecular flexibility index (Phi) is 5.89. The second kappa shape index (κ2) is 8.10. The molecule has 2 amide bonds. The van der Waals surface area contributed by atoms with E-state index in [0.717, 1.165) is 12.1 Å². The molecule has 0 bridgehead atoms. The number of anilines is 3. The molecule has 1 atom stereocenters. The Morgan fingerprint density at radius 2 is 1.67 bits per heavy atom. The minimum Gasteiger partial charge on any atom is -0.382 e. The van der Waals surface area contributed by atoms with Crippen molar-refractivity contribution >= 4 is 28.9 Å². The zero-order valence-electron chi connectivity index (χ0n) is 14.1. The van der Waals surface area contributed by atoms with Crippen LogP contribution < -0.4 is 16.0 Å². The molecule has 24 heavy (non-hydrogen) atoms. The lowest BCUT2D eigenvalue weighted by Crippen LogP contribution is -2.16. The second-order valence-electron chi connectivity index (χ2n) is 5.60. The molecule has 126 valence electrons. The van der Waals surface area contributed by atoms with Crippen LogP contribution in [0, 0.1) is 0 Å². The highest BCUT2D eigenvalue weighted by atomic mass is 16.2. The summed E-state index contributed by atoms with van der Waals surface area (Å²) in [7, 11) is 0. The lowest BCUT2D eigenvalue weighted by molar-refractivity contribution is -0.114. The Labute approximate surface area is 141 Å². The van der Waals surface area contributed by atoms with Crippen molar-refractivity contribution in [3.8, 4) is 0 Å². The van der Waals surface area contributed by atoms with Crippen molar-refractivity contribution in [1.29, 1.82) is 0 Å². The van der Waals surface area contributed by atoms with E-state index in [1.54, 1.807) is 36.5 Å². The van der Waals surface area contributed by atoms with Crippen molar-refractivity contribution in [1.82, 2.24) is 4.98 Å². The number of carbonyl (C=O) groups is 2. The zero-order chi connectivity index (χ0) is 17.5. The number of amides is 2. The van der Waals surface area contributed by atoms with Gasteiger partial charge in [-0.1, -0.05) is 6.92 Å². The molecule has 1 heterocycles. The summed E-state index contributed by atoms with van der Waals surface area (Å²) in [6.45, 7) is 5.62. The van der Waals surface area contributed by atoms with Crippen molar-refractivity contribution < 1.29 is 9.59 Å². The van der Waals surface area contributed by atoms with E-state index >= 15 is 0 Å². The van der Waals surface area contributed by atoms with Crippen LogP contribution >= 0.6 is 0 Å². The Balaban J connectivity index is 2.04. The second-order valence-corrected chi connectivity index (χ2v) is 5.60. The van der Waals surface area contributed by atoms with Gasteiger partial charge in [-0.25, -0.2) is 0 Å². The maximum absolute atomic E-state index is 12.3. The number of nitrogens with one attached hydrogen (secondary N) is 3. The first kappa shape index (κ1) is 17.5. The SMILES string of the molecule is CCC(C)Nc1ccnc(C(=O)Nc2ccc(NC(C)=O)cc2)c1. The third kappa shape index (κ3) is 5.08. The van der Waals surface area contributed by atoms with Gasteiger partial charge >= 0.3 is 0 Å². The molecule has 0 spiro atoms. The molecular weight excluding hydrogens is 304 g/mol. The first-order valence-corrected chi connectivity index (χ1v) is 7.89. The van der Waals surface area contributed by atoms with Gasteiger partial charge in [0.2, 0.25) is 5.91 Å². The highest BCUT2D eigenvalue weighted by Crippen LogP contribution is 2.16. The molecule has 0 fully saturated rings. The first-order valence-electron chi connectivity index (χ1n) is 7.89. The number of carbonyl (C=O) groups excluding carboxylic acids is 2. The van der Waals surface area contributed by atoms with E-state index in [2.05, 4.69) is 34.8 Å². The third-order valence-electron chi connectivity index (χ3n) is 3.48. The van der Waals surface area contributed by atoms with E-state index in [1.165, 1.54) is 6.92 Å². The van der Waals surface area contributed by atoms with E-state index in [0.29, 0.717) is 23.1 Å². The topological polar surface area (TPSA) is 83.1 Å². The molecule has 1 aromatic heterocycles. The minimum atomic E-state index is -0.282. The Morgan fingerprint density at radius 1 is 1.04 bits per heavy atom. The molecular formula is C18H22N4O2. The molecule has 2 rings (SSSR count). The fraction of sp³-hybridized carbons (Fsp3) is 0.278. The van der Waals surface area contributed by atoms with E-state index in [-0.39, 0.29) is 11.8 Å². The molecule has 2 aromatic rings. The molecule has 0 aliphatic rings. The average molecular weight is 326 g/mol. The Morgan fingerprint density at radius 3 is 2.25 bits per heavy atom. The number of rotatable bonds is 6. The van der Waals surface area contributed by atoms with Crippen LogP contribution in [0.15, 0.2) is 42.6 Å². The van der Waals surface area contributed by atoms with Gasteiger partial charge in [-0.15, -0.1) is 0 Å². The number of hydrogen-bond acceptors (Lipinski definition) is 4. The lowest BCUT2D eigenvalue weighted by Gasteiger charge is -2.13. The van der Waals surface area contributed by atoms with Crippen LogP contribution in [0.25, 0.3) is 0 Å². The van der Waals surface area contributed by atoms with Crippen molar-refractivity contribution in [3.05, 3.63) is 48.3 Å². The Bertz CT molecular complexity index is 713. The summed E-state index contributed by atoms with van der Waals surface area (Å²) in [5.74, 6) is -0.420. The van der Waals surface area contributed by atoms with Gasteiger partial charge < -0.3 is 16.0 Å². The van der Waals surface area contributed by atoms with Gasteiger partial charge in [0.25, 0.3) is 5.91 Å². The van der Waals surface area contributed by atoms with Gasteiger partial charge in [0.05, 0.1) is 0 Å². The molecule has 3 N–H and O–H groups in total. The summed E-state index contributed by atoms with van der Waals surface area (Å²) in [6.07, 6.45) is 2.60. The normalized spacial score (nSPS) is 11.5. The Hall–Kier alpha value is -2.89. The monoisotopic (exact) mass is 326 g/mol. The number of benzene rings is 1. The van der Waals surface area contributed by atoms with Crippen LogP contribution in [0.3, 0.4) is 0 Å². The van der Waals surface area contributed by atoms with Gasteiger partial charge in [0, 0.05) is 36.2 Å². The van der Waals surface area contributed by atoms with Crippen molar-refractivity contribution in [3.63, 3.8) is 0 Å². The summed E-state index contributed by atoms with van der Waals surface area (Å²) in [5.41, 5.74) is 2.52. The van der Waals surface area contributed by atoms with Gasteiger partial charge in [0.15, 0.2) is 0 Å². The lowest BCUT2D eigenvalue weighted by atomic mass is 10.2. The number of nitrogens with zero attached hydrogens (tertiary/aromatic N) is 1. The van der Waals surface area contributed by atoms with E-state index in [9.17, 15) is 9.59 Å². The maximum atomic E-state index is 12.3. The fourth-order valence-electron chi connectivity index (χ4n) is 2.07. The van der Waals surface area contributed by atoms with E-state index < -0.39 is 0 Å². The average Bonchev–Trinajstić information content (AvgIpc) is 2.56. The van der Waals surface area contributed by atoms with Gasteiger partial charge in [-0.05, 0) is 49.7 Å². The van der Waals surface area contributed by atoms with Crippen molar-refractivity contribution in [2.75, 3.05) is 16.0 Å². The maximum Gasteiger partial charge on any atom is 0.274 e. The van der Waals surface area contributed by atoms with Crippen molar-refractivity contribution in [2.45, 2.75) is 33.2 Å². The molecule has 1 aromatic carbocycles. The van der Waals surface area contributed by atoms with Crippen LogP contribution in [0.1, 0.15) is 37.7 Å². The standard InChI is InChI=1S/C18H22N4O2/c1-4-12(2)20-16-9-10-19-17(11-16)18(24)22-15-7-5-14(6-8-15)21-13(3)23/h5-12H,4H2,1-3H3,(H,19,20)(H,21,23)(H,22,24). The van der Waals surface area contributed by atoms with Crippen LogP contribution in [0.4, 0.5) is 17.1 Å². The molecule has 0 saturated heterocycles.